The lowest BCUT2D eigenvalue weighted by molar-refractivity contribution is -0.144. The lowest BCUT2D eigenvalue weighted by Crippen LogP contribution is -2.48. The van der Waals surface area contributed by atoms with E-state index in [1.807, 2.05) is 11.4 Å². The second-order valence-corrected chi connectivity index (χ2v) is 12.1. The molecule has 13 heteroatoms. The maximum atomic E-state index is 13.0. The highest BCUT2D eigenvalue weighted by Gasteiger charge is 2.25. The molecule has 1 unspecified atom stereocenters. The molecule has 0 aliphatic carbocycles. The second kappa shape index (κ2) is 12.7. The van der Waals surface area contributed by atoms with Crippen molar-refractivity contribution in [2.24, 2.45) is 0 Å². The van der Waals surface area contributed by atoms with E-state index >= 15 is 0 Å². The van der Waals surface area contributed by atoms with Crippen molar-refractivity contribution in [2.45, 2.75) is 39.3 Å². The number of aromatic nitrogens is 3. The van der Waals surface area contributed by atoms with Crippen LogP contribution in [0.2, 0.25) is 5.02 Å². The lowest BCUT2D eigenvalue weighted by atomic mass is 10.2. The van der Waals surface area contributed by atoms with E-state index in [0.717, 1.165) is 41.6 Å². The molecule has 2 fully saturated rings. The lowest BCUT2D eigenvalue weighted by Gasteiger charge is -2.34. The minimum Gasteiger partial charge on any atom is -0.465 e. The fourth-order valence-electron chi connectivity index (χ4n) is 4.84. The highest BCUT2D eigenvalue weighted by molar-refractivity contribution is 7.17. The molecule has 3 aromatic rings. The van der Waals surface area contributed by atoms with Gasteiger partial charge in [-0.3, -0.25) is 24.7 Å². The average Bonchev–Trinajstić information content (AvgIpc) is 3.65. The normalized spacial score (nSPS) is 18.4. The summed E-state index contributed by atoms with van der Waals surface area (Å²) in [5.41, 5.74) is 1.10. The number of piperazine rings is 1. The number of anilines is 2. The zero-order chi connectivity index (χ0) is 27.4. The summed E-state index contributed by atoms with van der Waals surface area (Å²) in [5, 5.41) is 6.03. The number of nitrogens with zero attached hydrogens (tertiary/aromatic N) is 6. The molecular formula is C26H32ClN7O3S2. The summed E-state index contributed by atoms with van der Waals surface area (Å²) >= 11 is 9.25. The van der Waals surface area contributed by atoms with Crippen LogP contribution >= 0.6 is 34.3 Å². The molecule has 2 aliphatic rings. The highest BCUT2D eigenvalue weighted by atomic mass is 35.5. The van der Waals surface area contributed by atoms with Crippen LogP contribution in [0, 0.1) is 0 Å². The number of hydrogen-bond donors (Lipinski definition) is 1. The number of rotatable bonds is 9. The molecule has 0 spiro atoms. The van der Waals surface area contributed by atoms with Crippen molar-refractivity contribution < 1.29 is 14.3 Å². The van der Waals surface area contributed by atoms with E-state index in [1.54, 1.807) is 24.5 Å². The van der Waals surface area contributed by atoms with Crippen LogP contribution in [0.5, 0.6) is 0 Å². The van der Waals surface area contributed by atoms with Crippen LogP contribution in [0.25, 0.3) is 10.6 Å². The fraction of sp³-hybridized carbons (Fsp3) is 0.500. The van der Waals surface area contributed by atoms with Gasteiger partial charge in [-0.25, -0.2) is 15.0 Å². The van der Waals surface area contributed by atoms with Crippen LogP contribution in [-0.2, 0) is 16.1 Å². The number of carbonyl (C=O) groups excluding carboxylic acids is 2. The Labute approximate surface area is 241 Å². The number of ether oxygens (including phenoxy) is 1. The number of likely N-dealkylation sites (tertiary alicyclic amines) is 1. The van der Waals surface area contributed by atoms with Crippen molar-refractivity contribution in [3.63, 3.8) is 0 Å². The molecular weight excluding hydrogens is 558 g/mol. The third-order valence-electron chi connectivity index (χ3n) is 6.98. The van der Waals surface area contributed by atoms with Crippen LogP contribution in [0.1, 0.15) is 42.1 Å². The summed E-state index contributed by atoms with van der Waals surface area (Å²) in [6.45, 7) is 9.48. The van der Waals surface area contributed by atoms with Crippen molar-refractivity contribution >= 4 is 57.1 Å². The van der Waals surface area contributed by atoms with E-state index < -0.39 is 0 Å². The minimum atomic E-state index is -0.348. The van der Waals surface area contributed by atoms with Crippen molar-refractivity contribution in [3.05, 3.63) is 39.4 Å². The monoisotopic (exact) mass is 589 g/mol. The first-order chi connectivity index (χ1) is 18.9. The summed E-state index contributed by atoms with van der Waals surface area (Å²) in [5.74, 6) is 0.153. The molecule has 3 aromatic heterocycles. The van der Waals surface area contributed by atoms with Crippen LogP contribution in [0.4, 0.5) is 10.9 Å². The van der Waals surface area contributed by atoms with Gasteiger partial charge >= 0.3 is 5.97 Å². The number of nitrogens with one attached hydrogen (secondary N) is 1. The Morgan fingerprint density at radius 3 is 2.64 bits per heavy atom. The SMILES string of the molecule is CCOC(=O)CN1CCN(c2cnc(C(=O)Nc3nc(-c4cc(Cl)cs4)c(CN4CCCC4C)s3)cn2)CC1. The smallest absolute Gasteiger partial charge is 0.320 e. The molecule has 10 nitrogen and oxygen atoms in total. The van der Waals surface area contributed by atoms with E-state index in [2.05, 4.69) is 36.9 Å². The Morgan fingerprint density at radius 1 is 1.18 bits per heavy atom. The number of halogens is 1. The average molecular weight is 590 g/mol. The molecule has 2 aliphatic heterocycles. The van der Waals surface area contributed by atoms with Crippen molar-refractivity contribution in [3.8, 4) is 10.6 Å². The van der Waals surface area contributed by atoms with Gasteiger partial charge in [0.1, 0.15) is 11.5 Å². The molecule has 5 heterocycles. The van der Waals surface area contributed by atoms with Crippen LogP contribution in [0.3, 0.4) is 0 Å². The van der Waals surface area contributed by atoms with E-state index in [4.69, 9.17) is 21.3 Å². The van der Waals surface area contributed by atoms with Crippen LogP contribution in [-0.4, -0.2) is 88.5 Å². The summed E-state index contributed by atoms with van der Waals surface area (Å²) in [4.78, 5) is 47.1. The van der Waals surface area contributed by atoms with Crippen LogP contribution in [0.15, 0.2) is 23.8 Å². The number of thiophene rings is 1. The van der Waals surface area contributed by atoms with E-state index in [9.17, 15) is 9.59 Å². The predicted octanol–water partition coefficient (Wildman–Crippen LogP) is 4.24. The third-order valence-corrected chi connectivity index (χ3v) is 9.22. The standard InChI is InChI=1S/C26H32ClN7O3S2/c1-3-37-23(35)15-32-7-9-33(10-8-32)22-13-28-19(12-29-22)25(36)31-26-30-24(20-11-18(27)16-38-20)21(39-26)14-34-6-4-5-17(34)2/h11-13,16-17H,3-10,14-15H2,1-2H3,(H,30,31,36). The van der Waals surface area contributed by atoms with Crippen LogP contribution < -0.4 is 10.2 Å². The summed E-state index contributed by atoms with van der Waals surface area (Å²) < 4.78 is 5.03. The van der Waals surface area contributed by atoms with Crippen molar-refractivity contribution in [1.29, 1.82) is 0 Å². The number of hydrogen-bond acceptors (Lipinski definition) is 11. The van der Waals surface area contributed by atoms with Gasteiger partial charge in [0, 0.05) is 49.0 Å². The van der Waals surface area contributed by atoms with Gasteiger partial charge in [-0.1, -0.05) is 22.9 Å². The first kappa shape index (κ1) is 27.9. The summed E-state index contributed by atoms with van der Waals surface area (Å²) in [6.07, 6.45) is 5.51. The maximum Gasteiger partial charge on any atom is 0.320 e. The largest absolute Gasteiger partial charge is 0.465 e. The van der Waals surface area contributed by atoms with Gasteiger partial charge in [0.15, 0.2) is 5.13 Å². The zero-order valence-corrected chi connectivity index (χ0v) is 24.4. The number of esters is 1. The first-order valence-corrected chi connectivity index (χ1v) is 15.2. The first-order valence-electron chi connectivity index (χ1n) is 13.1. The van der Waals surface area contributed by atoms with Gasteiger partial charge in [-0.15, -0.1) is 11.3 Å². The third kappa shape index (κ3) is 6.93. The molecule has 1 atom stereocenters. The topological polar surface area (TPSA) is 104 Å². The molecule has 39 heavy (non-hydrogen) atoms. The summed E-state index contributed by atoms with van der Waals surface area (Å²) in [6, 6.07) is 2.45. The molecule has 0 bridgehead atoms. The Bertz CT molecular complexity index is 1290. The molecule has 1 amide bonds. The second-order valence-electron chi connectivity index (χ2n) is 9.66. The molecule has 2 saturated heterocycles. The maximum absolute atomic E-state index is 13.0. The molecule has 0 saturated carbocycles. The van der Waals surface area contributed by atoms with Gasteiger partial charge < -0.3 is 9.64 Å². The number of carbonyl (C=O) groups is 2. The number of amides is 1. The minimum absolute atomic E-state index is 0.203. The molecule has 0 radical (unpaired) electrons. The highest BCUT2D eigenvalue weighted by Crippen LogP contribution is 2.37. The van der Waals surface area contributed by atoms with Gasteiger partial charge in [0.05, 0.1) is 41.1 Å². The van der Waals surface area contributed by atoms with E-state index in [0.29, 0.717) is 48.3 Å². The molecule has 208 valence electrons. The Morgan fingerprint density at radius 2 is 2.00 bits per heavy atom. The zero-order valence-electron chi connectivity index (χ0n) is 22.1. The quantitative estimate of drug-likeness (QED) is 0.367. The molecule has 0 aromatic carbocycles. The molecule has 5 rings (SSSR count). The predicted molar refractivity (Wildman–Crippen MR) is 155 cm³/mol. The van der Waals surface area contributed by atoms with Gasteiger partial charge in [-0.05, 0) is 39.3 Å². The van der Waals surface area contributed by atoms with E-state index in [-0.39, 0.29) is 17.6 Å². The van der Waals surface area contributed by atoms with Crippen molar-refractivity contribution in [1.82, 2.24) is 24.8 Å². The fourth-order valence-corrected chi connectivity index (χ4v) is 6.99. The Kier molecular flexibility index (Phi) is 9.08. The molecule has 1 N–H and O–H groups in total. The van der Waals surface area contributed by atoms with Gasteiger partial charge in [-0.2, -0.15) is 0 Å². The summed E-state index contributed by atoms with van der Waals surface area (Å²) in [7, 11) is 0. The van der Waals surface area contributed by atoms with E-state index in [1.165, 1.54) is 30.4 Å². The Balaban J connectivity index is 1.22. The van der Waals surface area contributed by atoms with Gasteiger partial charge in [0.2, 0.25) is 0 Å². The number of thiazole rings is 1. The Hall–Kier alpha value is -2.64. The van der Waals surface area contributed by atoms with Gasteiger partial charge in [0.25, 0.3) is 5.91 Å². The van der Waals surface area contributed by atoms with Crippen molar-refractivity contribution in [2.75, 3.05) is 56.1 Å².